The van der Waals surface area contributed by atoms with Crippen LogP contribution in [0.25, 0.3) is 33.7 Å². The number of aromatic nitrogens is 3. The molecule has 0 spiro atoms. The van der Waals surface area contributed by atoms with E-state index in [9.17, 15) is 0 Å². The molecule has 0 aliphatic heterocycles. The number of hydrogen-bond acceptors (Lipinski definition) is 3. The first kappa shape index (κ1) is 32.8. The molecule has 0 unspecified atom stereocenters. The number of allylic oxidation sites excluding steroid dienone is 15. The molecule has 2 aromatic carbocycles. The fourth-order valence-electron chi connectivity index (χ4n) is 5.81. The molecule has 234 valence electrons. The van der Waals surface area contributed by atoms with Gasteiger partial charge in [0, 0.05) is 16.7 Å². The average molecular weight is 606 g/mol. The third-order valence-corrected chi connectivity index (χ3v) is 8.73. The first-order valence-electron chi connectivity index (χ1n) is 16.9. The van der Waals surface area contributed by atoms with Crippen molar-refractivity contribution in [3.8, 4) is 11.4 Å². The van der Waals surface area contributed by atoms with Crippen LogP contribution in [0.5, 0.6) is 0 Å². The van der Waals surface area contributed by atoms with Crippen LogP contribution >= 0.6 is 0 Å². The summed E-state index contributed by atoms with van der Waals surface area (Å²) in [5.41, 5.74) is 10.2. The molecule has 3 heteroatoms. The maximum atomic E-state index is 5.04. The predicted octanol–water partition coefficient (Wildman–Crippen LogP) is 11.4. The van der Waals surface area contributed by atoms with Crippen LogP contribution in [0.1, 0.15) is 93.7 Å². The van der Waals surface area contributed by atoms with Crippen molar-refractivity contribution in [2.45, 2.75) is 72.6 Å². The van der Waals surface area contributed by atoms with Gasteiger partial charge in [-0.3, -0.25) is 0 Å². The molecule has 2 aliphatic carbocycles. The molecule has 46 heavy (non-hydrogen) atoms. The zero-order valence-electron chi connectivity index (χ0n) is 28.0. The molecule has 1 aromatic heterocycles. The second-order valence-electron chi connectivity index (χ2n) is 12.1. The smallest absolute Gasteiger partial charge is 0.164 e. The highest BCUT2D eigenvalue weighted by molar-refractivity contribution is 5.88. The van der Waals surface area contributed by atoms with Crippen molar-refractivity contribution in [2.24, 2.45) is 5.92 Å². The number of hydrogen-bond donors (Lipinski definition) is 0. The normalized spacial score (nSPS) is 15.8. The molecular weight excluding hydrogens is 558 g/mol. The third kappa shape index (κ3) is 8.14. The zero-order chi connectivity index (χ0) is 32.3. The highest BCUT2D eigenvalue weighted by Crippen LogP contribution is 2.33. The van der Waals surface area contributed by atoms with Crippen LogP contribution in [-0.2, 0) is 12.8 Å². The molecule has 3 nitrogen and oxygen atoms in total. The Morgan fingerprint density at radius 1 is 0.804 bits per heavy atom. The number of rotatable bonds is 12. The third-order valence-electron chi connectivity index (χ3n) is 8.73. The van der Waals surface area contributed by atoms with E-state index in [0.29, 0.717) is 11.7 Å². The zero-order valence-corrected chi connectivity index (χ0v) is 28.0. The van der Waals surface area contributed by atoms with Crippen LogP contribution in [0.3, 0.4) is 0 Å². The fraction of sp³-hybridized carbons (Fsp3) is 0.279. The second kappa shape index (κ2) is 16.1. The van der Waals surface area contributed by atoms with E-state index < -0.39 is 0 Å². The molecule has 0 bridgehead atoms. The Hall–Kier alpha value is -4.63. The number of aryl methyl sites for hydroxylation is 1. The van der Waals surface area contributed by atoms with Gasteiger partial charge >= 0.3 is 0 Å². The van der Waals surface area contributed by atoms with E-state index in [0.717, 1.165) is 90.0 Å². The number of benzene rings is 2. The first-order valence-corrected chi connectivity index (χ1v) is 16.9. The minimum atomic E-state index is 0.487. The van der Waals surface area contributed by atoms with Gasteiger partial charge in [-0.05, 0) is 90.8 Å². The van der Waals surface area contributed by atoms with E-state index in [1.54, 1.807) is 0 Å². The topological polar surface area (TPSA) is 38.7 Å². The van der Waals surface area contributed by atoms with Gasteiger partial charge in [-0.1, -0.05) is 137 Å². The number of nitrogens with zero attached hydrogens (tertiary/aromatic N) is 3. The van der Waals surface area contributed by atoms with Gasteiger partial charge in [-0.15, -0.1) is 0 Å². The van der Waals surface area contributed by atoms with E-state index in [1.807, 2.05) is 6.92 Å². The van der Waals surface area contributed by atoms with Crippen molar-refractivity contribution >= 4 is 22.3 Å². The summed E-state index contributed by atoms with van der Waals surface area (Å²) < 4.78 is 0. The summed E-state index contributed by atoms with van der Waals surface area (Å²) in [7, 11) is 0. The first-order chi connectivity index (χ1) is 22.5. The molecular formula is C43H47N3. The Morgan fingerprint density at radius 2 is 1.46 bits per heavy atom. The standard InChI is InChI=1S/C43H47N3/c1-6-17-32(5)40-30-38(43-45-41(36-20-11-9-12-21-36)44-42(46-43)37-22-13-10-14-23-37)28-29-39(40)35(25-24-31(4)7-2)27-26-34-19-16-15-18-33(34)8-3/h6,11,13,15-25,27-31H,5,7-10,12,14,26H2,1-4H3/b17-6-,25-24-,35-27+/t31-/m1/s1. The Bertz CT molecular complexity index is 1720. The lowest BCUT2D eigenvalue weighted by molar-refractivity contribution is 0.698. The minimum Gasteiger partial charge on any atom is -0.208 e. The summed E-state index contributed by atoms with van der Waals surface area (Å²) in [6.45, 7) is 13.3. The summed E-state index contributed by atoms with van der Waals surface area (Å²) in [5, 5.41) is 0. The van der Waals surface area contributed by atoms with E-state index in [2.05, 4.69) is 137 Å². The summed E-state index contributed by atoms with van der Waals surface area (Å²) in [6, 6.07) is 15.3. The molecule has 2 aliphatic rings. The maximum Gasteiger partial charge on any atom is 0.164 e. The van der Waals surface area contributed by atoms with Gasteiger partial charge in [0.2, 0.25) is 0 Å². The van der Waals surface area contributed by atoms with Crippen LogP contribution in [0.15, 0.2) is 116 Å². The van der Waals surface area contributed by atoms with Crippen molar-refractivity contribution < 1.29 is 0 Å². The van der Waals surface area contributed by atoms with Gasteiger partial charge in [0.25, 0.3) is 0 Å². The molecule has 1 heterocycles. The summed E-state index contributed by atoms with van der Waals surface area (Å²) in [5.74, 6) is 2.61. The molecule has 0 amide bonds. The van der Waals surface area contributed by atoms with Crippen LogP contribution in [-0.4, -0.2) is 15.0 Å². The molecule has 0 N–H and O–H groups in total. The van der Waals surface area contributed by atoms with Crippen LogP contribution in [0.4, 0.5) is 0 Å². The largest absolute Gasteiger partial charge is 0.208 e. The average Bonchev–Trinajstić information content (AvgIpc) is 3.12. The molecule has 0 fully saturated rings. The van der Waals surface area contributed by atoms with Gasteiger partial charge in [0.05, 0.1) is 0 Å². The van der Waals surface area contributed by atoms with Gasteiger partial charge in [0.1, 0.15) is 0 Å². The minimum absolute atomic E-state index is 0.487. The SMILES string of the molecule is C=C(/C=C\C)c1cc(-c2nc(C3=CCCC=C3)nc(C3=CCCC=C3)n2)ccc1C(/C=C\[C@H](C)CC)=C/Cc1ccccc1CC. The Balaban J connectivity index is 1.65. The fourth-order valence-corrected chi connectivity index (χ4v) is 5.81. The summed E-state index contributed by atoms with van der Waals surface area (Å²) in [4.78, 5) is 15.0. The van der Waals surface area contributed by atoms with Crippen molar-refractivity contribution in [1.29, 1.82) is 0 Å². The van der Waals surface area contributed by atoms with Crippen LogP contribution < -0.4 is 0 Å². The molecule has 1 atom stereocenters. The van der Waals surface area contributed by atoms with Crippen molar-refractivity contribution in [3.05, 3.63) is 150 Å². The predicted molar refractivity (Wildman–Crippen MR) is 198 cm³/mol. The molecule has 0 saturated carbocycles. The Labute approximate surface area is 276 Å². The Kier molecular flexibility index (Phi) is 11.5. The van der Waals surface area contributed by atoms with Gasteiger partial charge in [-0.2, -0.15) is 0 Å². The molecule has 5 rings (SSSR count). The quantitative estimate of drug-likeness (QED) is 0.193. The molecule has 3 aromatic rings. The van der Waals surface area contributed by atoms with E-state index >= 15 is 0 Å². The lowest BCUT2D eigenvalue weighted by atomic mass is 9.90. The highest BCUT2D eigenvalue weighted by Gasteiger charge is 2.17. The van der Waals surface area contributed by atoms with E-state index in [4.69, 9.17) is 15.0 Å². The second-order valence-corrected chi connectivity index (χ2v) is 12.1. The van der Waals surface area contributed by atoms with Crippen LogP contribution in [0.2, 0.25) is 0 Å². The lowest BCUT2D eigenvalue weighted by Crippen LogP contribution is -2.06. The summed E-state index contributed by atoms with van der Waals surface area (Å²) >= 11 is 0. The van der Waals surface area contributed by atoms with Gasteiger partial charge < -0.3 is 0 Å². The Morgan fingerprint density at radius 3 is 2.04 bits per heavy atom. The monoisotopic (exact) mass is 605 g/mol. The van der Waals surface area contributed by atoms with Crippen molar-refractivity contribution in [2.75, 3.05) is 0 Å². The van der Waals surface area contributed by atoms with Crippen LogP contribution in [0, 0.1) is 5.92 Å². The van der Waals surface area contributed by atoms with Gasteiger partial charge in [0.15, 0.2) is 17.5 Å². The van der Waals surface area contributed by atoms with E-state index in [-0.39, 0.29) is 0 Å². The van der Waals surface area contributed by atoms with Crippen molar-refractivity contribution in [3.63, 3.8) is 0 Å². The van der Waals surface area contributed by atoms with Crippen molar-refractivity contribution in [1.82, 2.24) is 15.0 Å². The van der Waals surface area contributed by atoms with Gasteiger partial charge in [-0.25, -0.2) is 15.0 Å². The lowest BCUT2D eigenvalue weighted by Gasteiger charge is -2.16. The molecule has 0 saturated heterocycles. The molecule has 0 radical (unpaired) electrons. The maximum absolute atomic E-state index is 5.04. The van der Waals surface area contributed by atoms with E-state index in [1.165, 1.54) is 16.7 Å². The summed E-state index contributed by atoms with van der Waals surface area (Å²) in [6.07, 6.45) is 31.3. The highest BCUT2D eigenvalue weighted by atomic mass is 15.0.